The zero-order chi connectivity index (χ0) is 23.8. The standard InChI is InChI=1S/C28H36N2O4/c1-21-9-5-6-12-25(21)33-18-8-7-17-30-24-19-23(14-15-26(24)34-20-28(30)32)29-27(31)16-13-22-10-3-2-4-11-22/h5-6,9,12,14-15,19,22H,2-4,7-8,10-11,13,16-18,20H2,1H3,(H,29,31). The van der Waals surface area contributed by atoms with Crippen LogP contribution in [0.25, 0.3) is 0 Å². The number of carbonyl (C=O) groups excluding carboxylic acids is 2. The van der Waals surface area contributed by atoms with Gasteiger partial charge in [0, 0.05) is 18.7 Å². The van der Waals surface area contributed by atoms with Crippen LogP contribution in [0.5, 0.6) is 11.5 Å². The summed E-state index contributed by atoms with van der Waals surface area (Å²) in [5.41, 5.74) is 2.55. The van der Waals surface area contributed by atoms with Gasteiger partial charge in [-0.1, -0.05) is 50.3 Å². The predicted octanol–water partition coefficient (Wildman–Crippen LogP) is 5.88. The Kier molecular flexibility index (Phi) is 8.45. The molecule has 0 radical (unpaired) electrons. The van der Waals surface area contributed by atoms with Crippen molar-refractivity contribution in [1.82, 2.24) is 0 Å². The molecule has 0 bridgehead atoms. The van der Waals surface area contributed by atoms with Crippen molar-refractivity contribution in [2.75, 3.05) is 30.0 Å². The molecule has 2 aliphatic rings. The first kappa shape index (κ1) is 24.1. The largest absolute Gasteiger partial charge is 0.493 e. The molecule has 0 aromatic heterocycles. The van der Waals surface area contributed by atoms with E-state index in [1.54, 1.807) is 4.90 Å². The van der Waals surface area contributed by atoms with Gasteiger partial charge in [0.15, 0.2) is 6.61 Å². The molecule has 1 aliphatic heterocycles. The van der Waals surface area contributed by atoms with Crippen LogP contribution >= 0.6 is 0 Å². The first-order valence-corrected chi connectivity index (χ1v) is 12.7. The number of nitrogens with zero attached hydrogens (tertiary/aromatic N) is 1. The molecule has 0 spiro atoms. The van der Waals surface area contributed by atoms with Crippen LogP contribution in [0.1, 0.15) is 63.4 Å². The number of amides is 2. The smallest absolute Gasteiger partial charge is 0.265 e. The number of nitrogens with one attached hydrogen (secondary N) is 1. The Morgan fingerprint density at radius 3 is 2.76 bits per heavy atom. The molecule has 34 heavy (non-hydrogen) atoms. The topological polar surface area (TPSA) is 67.9 Å². The Bertz CT molecular complexity index is 984. The van der Waals surface area contributed by atoms with Gasteiger partial charge >= 0.3 is 0 Å². The van der Waals surface area contributed by atoms with Crippen LogP contribution in [0.3, 0.4) is 0 Å². The highest BCUT2D eigenvalue weighted by Crippen LogP contribution is 2.35. The maximum Gasteiger partial charge on any atom is 0.265 e. The summed E-state index contributed by atoms with van der Waals surface area (Å²) in [6.45, 7) is 3.27. The van der Waals surface area contributed by atoms with Gasteiger partial charge in [-0.05, 0) is 61.9 Å². The number of hydrogen-bond acceptors (Lipinski definition) is 4. The van der Waals surface area contributed by atoms with Crippen molar-refractivity contribution in [2.45, 2.75) is 64.7 Å². The third-order valence-corrected chi connectivity index (χ3v) is 6.82. The van der Waals surface area contributed by atoms with E-state index in [0.717, 1.165) is 36.3 Å². The molecule has 0 saturated heterocycles. The average molecular weight is 465 g/mol. The fraction of sp³-hybridized carbons (Fsp3) is 0.500. The van der Waals surface area contributed by atoms with Crippen LogP contribution in [0.15, 0.2) is 42.5 Å². The Labute approximate surface area is 202 Å². The summed E-state index contributed by atoms with van der Waals surface area (Å²) in [6.07, 6.45) is 9.55. The van der Waals surface area contributed by atoms with Crippen molar-refractivity contribution >= 4 is 23.2 Å². The molecule has 1 fully saturated rings. The number of benzene rings is 2. The number of fused-ring (bicyclic) bond motifs is 1. The number of hydrogen-bond donors (Lipinski definition) is 1. The van der Waals surface area contributed by atoms with Crippen molar-refractivity contribution in [3.8, 4) is 11.5 Å². The van der Waals surface area contributed by atoms with E-state index in [0.29, 0.717) is 36.9 Å². The first-order chi connectivity index (χ1) is 16.6. The number of anilines is 2. The zero-order valence-corrected chi connectivity index (χ0v) is 20.2. The summed E-state index contributed by atoms with van der Waals surface area (Å²) < 4.78 is 11.5. The van der Waals surface area contributed by atoms with E-state index >= 15 is 0 Å². The molecule has 6 nitrogen and oxygen atoms in total. The molecular formula is C28H36N2O4. The Balaban J connectivity index is 1.28. The van der Waals surface area contributed by atoms with E-state index in [-0.39, 0.29) is 18.4 Å². The lowest BCUT2D eigenvalue weighted by atomic mass is 9.86. The van der Waals surface area contributed by atoms with Gasteiger partial charge in [-0.15, -0.1) is 0 Å². The van der Waals surface area contributed by atoms with Crippen LogP contribution < -0.4 is 19.7 Å². The maximum absolute atomic E-state index is 12.6. The minimum atomic E-state index is -0.0619. The third kappa shape index (κ3) is 6.52. The molecule has 1 saturated carbocycles. The zero-order valence-electron chi connectivity index (χ0n) is 20.2. The molecular weight excluding hydrogens is 428 g/mol. The Morgan fingerprint density at radius 1 is 1.12 bits per heavy atom. The highest BCUT2D eigenvalue weighted by Gasteiger charge is 2.25. The molecule has 2 aromatic rings. The van der Waals surface area contributed by atoms with E-state index in [4.69, 9.17) is 9.47 Å². The van der Waals surface area contributed by atoms with Crippen LogP contribution in [-0.4, -0.2) is 31.6 Å². The summed E-state index contributed by atoms with van der Waals surface area (Å²) in [5, 5.41) is 3.01. The van der Waals surface area contributed by atoms with Crippen LogP contribution in [-0.2, 0) is 9.59 Å². The minimum Gasteiger partial charge on any atom is -0.493 e. The molecule has 0 atom stereocenters. The lowest BCUT2D eigenvalue weighted by Gasteiger charge is -2.30. The van der Waals surface area contributed by atoms with Gasteiger partial charge in [-0.25, -0.2) is 0 Å². The Hall–Kier alpha value is -3.02. The van der Waals surface area contributed by atoms with E-state index in [1.165, 1.54) is 32.1 Å². The molecule has 1 N–H and O–H groups in total. The normalized spacial score (nSPS) is 16.0. The molecule has 182 valence electrons. The van der Waals surface area contributed by atoms with Crippen LogP contribution in [0.4, 0.5) is 11.4 Å². The van der Waals surface area contributed by atoms with Crippen molar-refractivity contribution < 1.29 is 19.1 Å². The van der Waals surface area contributed by atoms with Gasteiger partial charge in [0.2, 0.25) is 5.91 Å². The SMILES string of the molecule is Cc1ccccc1OCCCCN1C(=O)COc2ccc(NC(=O)CCC3CCCCC3)cc21. The first-order valence-electron chi connectivity index (χ1n) is 12.7. The predicted molar refractivity (Wildman–Crippen MR) is 135 cm³/mol. The molecule has 4 rings (SSSR count). The second kappa shape index (κ2) is 11.9. The van der Waals surface area contributed by atoms with Crippen molar-refractivity contribution in [1.29, 1.82) is 0 Å². The van der Waals surface area contributed by atoms with E-state index < -0.39 is 0 Å². The summed E-state index contributed by atoms with van der Waals surface area (Å²) in [5.74, 6) is 2.23. The highest BCUT2D eigenvalue weighted by atomic mass is 16.5. The quantitative estimate of drug-likeness (QED) is 0.446. The number of rotatable bonds is 10. The minimum absolute atomic E-state index is 0.0356. The van der Waals surface area contributed by atoms with Gasteiger partial charge in [0.25, 0.3) is 5.91 Å². The molecule has 1 aliphatic carbocycles. The number of ether oxygens (including phenoxy) is 2. The van der Waals surface area contributed by atoms with Gasteiger partial charge < -0.3 is 19.7 Å². The lowest BCUT2D eigenvalue weighted by Crippen LogP contribution is -2.39. The van der Waals surface area contributed by atoms with Gasteiger partial charge in [-0.2, -0.15) is 0 Å². The second-order valence-electron chi connectivity index (χ2n) is 9.43. The van der Waals surface area contributed by atoms with E-state index in [1.807, 2.05) is 49.4 Å². The van der Waals surface area contributed by atoms with Crippen LogP contribution in [0.2, 0.25) is 0 Å². The number of aryl methyl sites for hydroxylation is 1. The van der Waals surface area contributed by atoms with Gasteiger partial charge in [0.05, 0.1) is 12.3 Å². The summed E-state index contributed by atoms with van der Waals surface area (Å²) in [7, 11) is 0. The highest BCUT2D eigenvalue weighted by molar-refractivity contribution is 5.99. The summed E-state index contributed by atoms with van der Waals surface area (Å²) >= 11 is 0. The van der Waals surface area contributed by atoms with Gasteiger partial charge in [0.1, 0.15) is 11.5 Å². The number of carbonyl (C=O) groups is 2. The average Bonchev–Trinajstić information content (AvgIpc) is 2.85. The van der Waals surface area contributed by atoms with Crippen molar-refractivity contribution in [2.24, 2.45) is 5.92 Å². The Morgan fingerprint density at radius 2 is 1.94 bits per heavy atom. The summed E-state index contributed by atoms with van der Waals surface area (Å²) in [4.78, 5) is 26.9. The molecule has 0 unspecified atom stereocenters. The second-order valence-corrected chi connectivity index (χ2v) is 9.43. The molecule has 2 amide bonds. The van der Waals surface area contributed by atoms with Crippen molar-refractivity contribution in [3.05, 3.63) is 48.0 Å². The number of unbranched alkanes of at least 4 members (excludes halogenated alkanes) is 1. The summed E-state index contributed by atoms with van der Waals surface area (Å²) in [6, 6.07) is 13.5. The van der Waals surface area contributed by atoms with E-state index in [9.17, 15) is 9.59 Å². The fourth-order valence-corrected chi connectivity index (χ4v) is 4.83. The molecule has 2 aromatic carbocycles. The van der Waals surface area contributed by atoms with Crippen molar-refractivity contribution in [3.63, 3.8) is 0 Å². The number of para-hydroxylation sites is 1. The lowest BCUT2D eigenvalue weighted by molar-refractivity contribution is -0.121. The third-order valence-electron chi connectivity index (χ3n) is 6.82. The monoisotopic (exact) mass is 464 g/mol. The van der Waals surface area contributed by atoms with Gasteiger partial charge in [-0.3, -0.25) is 9.59 Å². The molecule has 1 heterocycles. The molecule has 6 heteroatoms. The van der Waals surface area contributed by atoms with Crippen LogP contribution in [0, 0.1) is 12.8 Å². The van der Waals surface area contributed by atoms with E-state index in [2.05, 4.69) is 5.32 Å². The fourth-order valence-electron chi connectivity index (χ4n) is 4.83. The maximum atomic E-state index is 12.6.